The van der Waals surface area contributed by atoms with Gasteiger partial charge in [-0.2, -0.15) is 0 Å². The van der Waals surface area contributed by atoms with Crippen LogP contribution in [0.3, 0.4) is 0 Å². The molecule has 0 unspecified atom stereocenters. The molecule has 1 aliphatic carbocycles. The highest BCUT2D eigenvalue weighted by molar-refractivity contribution is 9.10. The molecule has 0 spiro atoms. The molecule has 1 heterocycles. The van der Waals surface area contributed by atoms with Crippen molar-refractivity contribution in [1.82, 2.24) is 4.98 Å². The average molecular weight is 450 g/mol. The van der Waals surface area contributed by atoms with Crippen molar-refractivity contribution in [3.8, 4) is 0 Å². The lowest BCUT2D eigenvalue weighted by Gasteiger charge is -2.20. The Morgan fingerprint density at radius 3 is 2.44 bits per heavy atom. The molecule has 1 aromatic heterocycles. The molecule has 3 rings (SSSR count). The molecule has 0 amide bonds. The molecule has 0 bridgehead atoms. The van der Waals surface area contributed by atoms with Crippen LogP contribution in [0.15, 0.2) is 52.0 Å². The van der Waals surface area contributed by atoms with Crippen molar-refractivity contribution < 1.29 is 13.2 Å². The third-order valence-electron chi connectivity index (χ3n) is 5.28. The number of carbonyl (C=O) groups excluding carboxylic acids is 1. The van der Waals surface area contributed by atoms with Crippen LogP contribution >= 0.6 is 15.9 Å². The van der Waals surface area contributed by atoms with Gasteiger partial charge >= 0.3 is 0 Å². The van der Waals surface area contributed by atoms with Crippen molar-refractivity contribution in [3.05, 3.63) is 58.3 Å². The summed E-state index contributed by atoms with van der Waals surface area (Å²) in [5, 5.41) is 0. The number of benzene rings is 1. The Balaban J connectivity index is 1.84. The van der Waals surface area contributed by atoms with Crippen LogP contribution in [-0.4, -0.2) is 25.4 Å². The van der Waals surface area contributed by atoms with Crippen LogP contribution < -0.4 is 0 Å². The number of Topliss-reactive ketones (excluding diaryl/α,β-unsaturated/α-hetero) is 1. The zero-order chi connectivity index (χ0) is 19.4. The third-order valence-corrected chi connectivity index (χ3v) is 6.90. The number of aromatic nitrogens is 1. The summed E-state index contributed by atoms with van der Waals surface area (Å²) in [5.41, 5.74) is 1.65. The van der Waals surface area contributed by atoms with Crippen LogP contribution in [0.4, 0.5) is 0 Å². The number of carbonyl (C=O) groups is 1. The predicted octanol–water partition coefficient (Wildman–Crippen LogP) is 4.72. The third kappa shape index (κ3) is 5.48. The lowest BCUT2D eigenvalue weighted by molar-refractivity contribution is -0.120. The fourth-order valence-electron chi connectivity index (χ4n) is 3.83. The van der Waals surface area contributed by atoms with E-state index in [-0.39, 0.29) is 23.0 Å². The highest BCUT2D eigenvalue weighted by Gasteiger charge is 2.27. The number of pyridine rings is 1. The molecule has 1 fully saturated rings. The van der Waals surface area contributed by atoms with Gasteiger partial charge in [-0.05, 0) is 42.2 Å². The molecule has 1 aromatic carbocycles. The van der Waals surface area contributed by atoms with Crippen LogP contribution in [0.5, 0.6) is 0 Å². The second kappa shape index (κ2) is 8.65. The lowest BCUT2D eigenvalue weighted by Crippen LogP contribution is -2.18. The van der Waals surface area contributed by atoms with Crippen LogP contribution in [0.2, 0.25) is 0 Å². The van der Waals surface area contributed by atoms with Gasteiger partial charge < -0.3 is 0 Å². The molecule has 1 aliphatic rings. The minimum atomic E-state index is -3.24. The molecule has 4 nitrogen and oxygen atoms in total. The van der Waals surface area contributed by atoms with Crippen molar-refractivity contribution in [2.45, 2.75) is 49.3 Å². The number of halogens is 1. The quantitative estimate of drug-likeness (QED) is 0.612. The van der Waals surface area contributed by atoms with Crippen LogP contribution in [0, 0.1) is 5.92 Å². The number of ketones is 1. The van der Waals surface area contributed by atoms with E-state index in [1.807, 2.05) is 12.1 Å². The zero-order valence-corrected chi connectivity index (χ0v) is 17.8. The Morgan fingerprint density at radius 1 is 1.19 bits per heavy atom. The van der Waals surface area contributed by atoms with Crippen LogP contribution in [0.25, 0.3) is 0 Å². The first-order valence-electron chi connectivity index (χ1n) is 9.26. The van der Waals surface area contributed by atoms with Gasteiger partial charge in [-0.15, -0.1) is 0 Å². The van der Waals surface area contributed by atoms with E-state index < -0.39 is 9.84 Å². The Labute approximate surface area is 169 Å². The highest BCUT2D eigenvalue weighted by atomic mass is 79.9. The van der Waals surface area contributed by atoms with E-state index in [4.69, 9.17) is 0 Å². The Morgan fingerprint density at radius 2 is 1.85 bits per heavy atom. The summed E-state index contributed by atoms with van der Waals surface area (Å²) in [6.45, 7) is 0. The normalized spacial score (nSPS) is 16.4. The van der Waals surface area contributed by atoms with Crippen molar-refractivity contribution in [1.29, 1.82) is 0 Å². The van der Waals surface area contributed by atoms with Crippen molar-refractivity contribution >= 4 is 31.6 Å². The lowest BCUT2D eigenvalue weighted by atomic mass is 9.83. The maximum Gasteiger partial charge on any atom is 0.175 e. The van der Waals surface area contributed by atoms with Gasteiger partial charge in [-0.1, -0.05) is 53.7 Å². The smallest absolute Gasteiger partial charge is 0.175 e. The summed E-state index contributed by atoms with van der Waals surface area (Å²) in [6.07, 6.45) is 8.79. The van der Waals surface area contributed by atoms with E-state index in [2.05, 4.69) is 20.9 Å². The summed E-state index contributed by atoms with van der Waals surface area (Å²) in [7, 11) is -3.24. The van der Waals surface area contributed by atoms with Gasteiger partial charge in [0.1, 0.15) is 5.78 Å². The molecule has 2 aromatic rings. The zero-order valence-electron chi connectivity index (χ0n) is 15.4. The molecular formula is C21H24BrNO3S. The molecule has 27 heavy (non-hydrogen) atoms. The van der Waals surface area contributed by atoms with E-state index in [1.54, 1.807) is 30.5 Å². The van der Waals surface area contributed by atoms with Gasteiger partial charge in [0.15, 0.2) is 9.84 Å². The second-order valence-electron chi connectivity index (χ2n) is 7.39. The average Bonchev–Trinajstić information content (AvgIpc) is 3.12. The van der Waals surface area contributed by atoms with Gasteiger partial charge in [0.2, 0.25) is 0 Å². The maximum atomic E-state index is 13.1. The SMILES string of the molecule is CS(=O)(=O)c1ccc([C@@H](CC2CCCC2)C(=O)Cc2cc(Br)ccn2)cc1. The molecule has 0 N–H and O–H groups in total. The van der Waals surface area contributed by atoms with E-state index in [9.17, 15) is 13.2 Å². The second-order valence-corrected chi connectivity index (χ2v) is 10.3. The first-order valence-corrected chi connectivity index (χ1v) is 11.9. The van der Waals surface area contributed by atoms with Crippen LogP contribution in [-0.2, 0) is 21.1 Å². The minimum Gasteiger partial charge on any atom is -0.299 e. The molecule has 0 radical (unpaired) electrons. The number of nitrogens with zero attached hydrogens (tertiary/aromatic N) is 1. The van der Waals surface area contributed by atoms with E-state index in [0.717, 1.165) is 22.2 Å². The fraction of sp³-hybridized carbons (Fsp3) is 0.429. The van der Waals surface area contributed by atoms with Gasteiger partial charge in [0.05, 0.1) is 4.90 Å². The predicted molar refractivity (Wildman–Crippen MR) is 110 cm³/mol. The first-order chi connectivity index (χ1) is 12.8. The van der Waals surface area contributed by atoms with Crippen molar-refractivity contribution in [2.75, 3.05) is 6.26 Å². The number of sulfone groups is 1. The molecular weight excluding hydrogens is 426 g/mol. The minimum absolute atomic E-state index is 0.139. The van der Waals surface area contributed by atoms with Gasteiger partial charge in [-0.25, -0.2) is 8.42 Å². The van der Waals surface area contributed by atoms with Crippen LogP contribution in [0.1, 0.15) is 49.3 Å². The number of hydrogen-bond acceptors (Lipinski definition) is 4. The summed E-state index contributed by atoms with van der Waals surface area (Å²) in [5.74, 6) is 0.478. The van der Waals surface area contributed by atoms with Crippen molar-refractivity contribution in [2.24, 2.45) is 5.92 Å². The highest BCUT2D eigenvalue weighted by Crippen LogP contribution is 2.35. The summed E-state index contributed by atoms with van der Waals surface area (Å²) < 4.78 is 24.3. The van der Waals surface area contributed by atoms with Gasteiger partial charge in [0.25, 0.3) is 0 Å². The Kier molecular flexibility index (Phi) is 6.48. The summed E-state index contributed by atoms with van der Waals surface area (Å²) >= 11 is 3.42. The van der Waals surface area contributed by atoms with Gasteiger partial charge in [0, 0.05) is 35.0 Å². The van der Waals surface area contributed by atoms with Gasteiger partial charge in [-0.3, -0.25) is 9.78 Å². The Bertz CT molecular complexity index is 903. The van der Waals surface area contributed by atoms with E-state index in [1.165, 1.54) is 31.9 Å². The van der Waals surface area contributed by atoms with E-state index >= 15 is 0 Å². The number of hydrogen-bond donors (Lipinski definition) is 0. The van der Waals surface area contributed by atoms with E-state index in [0.29, 0.717) is 5.92 Å². The topological polar surface area (TPSA) is 64.1 Å². The molecule has 144 valence electrons. The summed E-state index contributed by atoms with van der Waals surface area (Å²) in [4.78, 5) is 17.7. The van der Waals surface area contributed by atoms with Crippen molar-refractivity contribution in [3.63, 3.8) is 0 Å². The molecule has 1 atom stereocenters. The molecule has 0 aliphatic heterocycles. The monoisotopic (exact) mass is 449 g/mol. The fourth-order valence-corrected chi connectivity index (χ4v) is 4.84. The Hall–Kier alpha value is -1.53. The number of rotatable bonds is 7. The molecule has 0 saturated heterocycles. The first kappa shape index (κ1) is 20.2. The maximum absolute atomic E-state index is 13.1. The summed E-state index contributed by atoms with van der Waals surface area (Å²) in [6, 6.07) is 10.5. The standard InChI is InChI=1S/C21H24BrNO3S/c1-27(25,26)19-8-6-16(7-9-19)20(12-15-4-2-3-5-15)21(24)14-18-13-17(22)10-11-23-18/h6-11,13,15,20H,2-5,12,14H2,1H3/t20-/m1/s1. The largest absolute Gasteiger partial charge is 0.299 e. The molecule has 6 heteroatoms. The molecule has 1 saturated carbocycles.